The maximum Gasteiger partial charge on any atom is 0.222 e. The molecular weight excluding hydrogens is 264 g/mol. The molecule has 1 N–H and O–H groups in total. The van der Waals surface area contributed by atoms with Gasteiger partial charge >= 0.3 is 0 Å². The number of likely N-dealkylation sites (N-methyl/N-ethyl adjacent to an activating group) is 1. The highest BCUT2D eigenvalue weighted by Crippen LogP contribution is 2.21. The van der Waals surface area contributed by atoms with E-state index in [2.05, 4.69) is 17.4 Å². The van der Waals surface area contributed by atoms with Crippen LogP contribution in [-0.2, 0) is 4.79 Å². The highest BCUT2D eigenvalue weighted by atomic mass is 16.5. The van der Waals surface area contributed by atoms with Crippen LogP contribution in [0.3, 0.4) is 0 Å². The summed E-state index contributed by atoms with van der Waals surface area (Å²) in [6.07, 6.45) is 3.02. The Morgan fingerprint density at radius 1 is 1.24 bits per heavy atom. The first-order valence-corrected chi connectivity index (χ1v) is 7.82. The fraction of sp³-hybridized carbons (Fsp3) is 0.588. The second-order valence-corrected chi connectivity index (χ2v) is 5.87. The minimum atomic E-state index is 0.167. The molecule has 116 valence electrons. The second-order valence-electron chi connectivity index (χ2n) is 5.87. The highest BCUT2D eigenvalue weighted by Gasteiger charge is 2.21. The molecule has 1 saturated heterocycles. The van der Waals surface area contributed by atoms with Crippen LogP contribution in [0.25, 0.3) is 0 Å². The number of hydrogen-bond donors (Lipinski definition) is 1. The molecule has 1 fully saturated rings. The third-order valence-corrected chi connectivity index (χ3v) is 3.83. The van der Waals surface area contributed by atoms with E-state index in [1.54, 1.807) is 0 Å². The molecule has 1 aliphatic rings. The molecule has 0 spiro atoms. The minimum absolute atomic E-state index is 0.167. The molecule has 1 unspecified atom stereocenters. The highest BCUT2D eigenvalue weighted by molar-refractivity contribution is 5.76. The van der Waals surface area contributed by atoms with Gasteiger partial charge in [-0.1, -0.05) is 12.1 Å². The Morgan fingerprint density at radius 3 is 2.52 bits per heavy atom. The van der Waals surface area contributed by atoms with E-state index >= 15 is 0 Å². The first-order chi connectivity index (χ1) is 10.1. The molecule has 1 atom stereocenters. The first-order valence-electron chi connectivity index (χ1n) is 7.82. The zero-order valence-electron chi connectivity index (χ0n) is 13.3. The van der Waals surface area contributed by atoms with Crippen LogP contribution in [0.1, 0.15) is 44.7 Å². The SMILES string of the molecule is CNC(CN1CCCCC1=O)c1ccc(OC(C)C)cc1. The standard InChI is InChI=1S/C17H26N2O2/c1-13(2)21-15-9-7-14(8-10-15)16(18-3)12-19-11-5-4-6-17(19)20/h7-10,13,16,18H,4-6,11-12H2,1-3H3. The quantitative estimate of drug-likeness (QED) is 0.876. The molecule has 0 bridgehead atoms. The zero-order valence-corrected chi connectivity index (χ0v) is 13.3. The van der Waals surface area contributed by atoms with Crippen molar-refractivity contribution in [3.05, 3.63) is 29.8 Å². The predicted molar refractivity (Wildman–Crippen MR) is 84.4 cm³/mol. The Hall–Kier alpha value is -1.55. The summed E-state index contributed by atoms with van der Waals surface area (Å²) in [6.45, 7) is 5.66. The number of piperidine rings is 1. The molecule has 4 nitrogen and oxygen atoms in total. The first kappa shape index (κ1) is 15.8. The third kappa shape index (κ3) is 4.46. The van der Waals surface area contributed by atoms with Crippen LogP contribution in [0.2, 0.25) is 0 Å². The lowest BCUT2D eigenvalue weighted by molar-refractivity contribution is -0.133. The Kier molecular flexibility index (Phi) is 5.62. The van der Waals surface area contributed by atoms with Gasteiger partial charge in [-0.05, 0) is 51.4 Å². The lowest BCUT2D eigenvalue weighted by Crippen LogP contribution is -2.40. The normalized spacial score (nSPS) is 17.1. The maximum absolute atomic E-state index is 11.9. The zero-order chi connectivity index (χ0) is 15.2. The predicted octanol–water partition coefficient (Wildman–Crippen LogP) is 2.75. The fourth-order valence-electron chi connectivity index (χ4n) is 2.69. The van der Waals surface area contributed by atoms with E-state index in [0.717, 1.165) is 31.7 Å². The van der Waals surface area contributed by atoms with E-state index in [1.807, 2.05) is 37.9 Å². The molecule has 1 heterocycles. The van der Waals surface area contributed by atoms with E-state index in [0.29, 0.717) is 6.42 Å². The molecule has 1 aromatic carbocycles. The van der Waals surface area contributed by atoms with Gasteiger partial charge in [0.15, 0.2) is 0 Å². The number of carbonyl (C=O) groups excluding carboxylic acids is 1. The van der Waals surface area contributed by atoms with Crippen molar-refractivity contribution in [3.8, 4) is 5.75 Å². The van der Waals surface area contributed by atoms with E-state index in [1.165, 1.54) is 5.56 Å². The number of likely N-dealkylation sites (tertiary alicyclic amines) is 1. The monoisotopic (exact) mass is 290 g/mol. The molecule has 21 heavy (non-hydrogen) atoms. The number of nitrogens with one attached hydrogen (secondary N) is 1. The molecule has 0 radical (unpaired) electrons. The van der Waals surface area contributed by atoms with Gasteiger partial charge in [-0.25, -0.2) is 0 Å². The molecule has 1 amide bonds. The van der Waals surface area contributed by atoms with Crippen molar-refractivity contribution >= 4 is 5.91 Å². The topological polar surface area (TPSA) is 41.6 Å². The van der Waals surface area contributed by atoms with Crippen molar-refractivity contribution in [3.63, 3.8) is 0 Å². The number of carbonyl (C=O) groups is 1. The van der Waals surface area contributed by atoms with Crippen molar-refractivity contribution in [1.29, 1.82) is 0 Å². The van der Waals surface area contributed by atoms with Crippen LogP contribution < -0.4 is 10.1 Å². The van der Waals surface area contributed by atoms with Crippen LogP contribution in [0.4, 0.5) is 0 Å². The minimum Gasteiger partial charge on any atom is -0.491 e. The summed E-state index contributed by atoms with van der Waals surface area (Å²) in [5.41, 5.74) is 1.19. The Balaban J connectivity index is 2.01. The molecule has 2 rings (SSSR count). The van der Waals surface area contributed by atoms with E-state index in [-0.39, 0.29) is 18.1 Å². The average Bonchev–Trinajstić information content (AvgIpc) is 2.47. The Morgan fingerprint density at radius 2 is 1.95 bits per heavy atom. The smallest absolute Gasteiger partial charge is 0.222 e. The van der Waals surface area contributed by atoms with Crippen molar-refractivity contribution in [2.45, 2.75) is 45.3 Å². The maximum atomic E-state index is 11.9. The molecule has 1 aromatic rings. The molecule has 0 aromatic heterocycles. The van der Waals surface area contributed by atoms with Gasteiger partial charge in [0, 0.05) is 25.6 Å². The Bertz CT molecular complexity index is 456. The summed E-state index contributed by atoms with van der Waals surface area (Å²) in [5.74, 6) is 1.17. The molecule has 0 aliphatic carbocycles. The molecule has 4 heteroatoms. The van der Waals surface area contributed by atoms with Gasteiger partial charge in [-0.15, -0.1) is 0 Å². The van der Waals surface area contributed by atoms with E-state index in [9.17, 15) is 4.79 Å². The van der Waals surface area contributed by atoms with Gasteiger partial charge in [-0.2, -0.15) is 0 Å². The Labute approximate surface area is 127 Å². The lowest BCUT2D eigenvalue weighted by atomic mass is 10.0. The molecule has 1 aliphatic heterocycles. The molecule has 0 saturated carbocycles. The van der Waals surface area contributed by atoms with Crippen LogP contribution in [0.15, 0.2) is 24.3 Å². The van der Waals surface area contributed by atoms with Crippen molar-refractivity contribution in [2.75, 3.05) is 20.1 Å². The number of amides is 1. The van der Waals surface area contributed by atoms with Crippen LogP contribution >= 0.6 is 0 Å². The largest absolute Gasteiger partial charge is 0.491 e. The second kappa shape index (κ2) is 7.46. The van der Waals surface area contributed by atoms with Gasteiger partial charge in [-0.3, -0.25) is 4.79 Å². The number of hydrogen-bond acceptors (Lipinski definition) is 3. The van der Waals surface area contributed by atoms with Gasteiger partial charge < -0.3 is 15.0 Å². The average molecular weight is 290 g/mol. The summed E-state index contributed by atoms with van der Waals surface area (Å²) in [5, 5.41) is 3.31. The fourth-order valence-corrected chi connectivity index (χ4v) is 2.69. The van der Waals surface area contributed by atoms with E-state index < -0.39 is 0 Å². The van der Waals surface area contributed by atoms with Gasteiger partial charge in [0.2, 0.25) is 5.91 Å². The van der Waals surface area contributed by atoms with E-state index in [4.69, 9.17) is 4.74 Å². The van der Waals surface area contributed by atoms with Gasteiger partial charge in [0.05, 0.1) is 6.10 Å². The molecular formula is C17H26N2O2. The summed E-state index contributed by atoms with van der Waals surface area (Å²) >= 11 is 0. The van der Waals surface area contributed by atoms with Crippen molar-refractivity contribution < 1.29 is 9.53 Å². The summed E-state index contributed by atoms with van der Waals surface area (Å²) in [4.78, 5) is 13.9. The number of rotatable bonds is 6. The number of ether oxygens (including phenoxy) is 1. The van der Waals surface area contributed by atoms with Crippen LogP contribution in [0.5, 0.6) is 5.75 Å². The third-order valence-electron chi connectivity index (χ3n) is 3.83. The lowest BCUT2D eigenvalue weighted by Gasteiger charge is -2.30. The van der Waals surface area contributed by atoms with Crippen molar-refractivity contribution in [1.82, 2.24) is 10.2 Å². The van der Waals surface area contributed by atoms with Crippen molar-refractivity contribution in [2.24, 2.45) is 0 Å². The number of benzene rings is 1. The number of nitrogens with zero attached hydrogens (tertiary/aromatic N) is 1. The van der Waals surface area contributed by atoms with Crippen LogP contribution in [0, 0.1) is 0 Å². The van der Waals surface area contributed by atoms with Gasteiger partial charge in [0.25, 0.3) is 0 Å². The summed E-state index contributed by atoms with van der Waals surface area (Å²) in [6, 6.07) is 8.32. The van der Waals surface area contributed by atoms with Gasteiger partial charge in [0.1, 0.15) is 5.75 Å². The summed E-state index contributed by atoms with van der Waals surface area (Å²) in [7, 11) is 1.94. The van der Waals surface area contributed by atoms with Crippen LogP contribution in [-0.4, -0.2) is 37.0 Å². The summed E-state index contributed by atoms with van der Waals surface area (Å²) < 4.78 is 5.66.